The Morgan fingerprint density at radius 1 is 1.25 bits per heavy atom. The largest absolute Gasteiger partial charge is 0.375 e. The predicted octanol–water partition coefficient (Wildman–Crippen LogP) is 1.26. The van der Waals surface area contributed by atoms with Crippen LogP contribution in [0.1, 0.15) is 6.92 Å². The first-order chi connectivity index (χ1) is 9.50. The Bertz CT molecular complexity index is 677. The lowest BCUT2D eigenvalue weighted by molar-refractivity contribution is -0.114. The fourth-order valence-electron chi connectivity index (χ4n) is 1.83. The van der Waals surface area contributed by atoms with E-state index in [0.717, 1.165) is 0 Å². The van der Waals surface area contributed by atoms with Crippen molar-refractivity contribution in [1.29, 1.82) is 0 Å². The maximum absolute atomic E-state index is 12.5. The summed E-state index contributed by atoms with van der Waals surface area (Å²) in [6.45, 7) is 1.37. The number of nitrogens with one attached hydrogen (secondary N) is 1. The highest BCUT2D eigenvalue weighted by Gasteiger charge is 2.14. The second-order valence-corrected chi connectivity index (χ2v) is 4.53. The molecule has 0 aliphatic heterocycles. The lowest BCUT2D eigenvalue weighted by Gasteiger charge is -2.17. The third kappa shape index (κ3) is 2.69. The van der Waals surface area contributed by atoms with Crippen LogP contribution in [-0.2, 0) is 4.79 Å². The SMILES string of the molecule is CC(=O)Nc1c(N(C)C)cnn(-c2ccccc2)c1=O. The van der Waals surface area contributed by atoms with Crippen molar-refractivity contribution in [3.8, 4) is 5.69 Å². The Balaban J connectivity index is 2.63. The number of benzene rings is 1. The molecular formula is C14H16N4O2. The Morgan fingerprint density at radius 2 is 1.90 bits per heavy atom. The standard InChI is InChI=1S/C14H16N4O2/c1-10(19)16-13-12(17(2)3)9-15-18(14(13)20)11-7-5-4-6-8-11/h4-9H,1-3H3,(H,16,19). The number of aromatic nitrogens is 2. The Kier molecular flexibility index (Phi) is 3.84. The van der Waals surface area contributed by atoms with E-state index in [1.807, 2.05) is 18.2 Å². The number of anilines is 2. The van der Waals surface area contributed by atoms with E-state index in [4.69, 9.17) is 0 Å². The van der Waals surface area contributed by atoms with E-state index in [0.29, 0.717) is 11.4 Å². The number of carbonyl (C=O) groups excluding carboxylic acids is 1. The molecule has 1 aromatic heterocycles. The maximum atomic E-state index is 12.5. The van der Waals surface area contributed by atoms with Crippen LogP contribution in [0.3, 0.4) is 0 Å². The molecule has 1 aromatic carbocycles. The Labute approximate surface area is 116 Å². The summed E-state index contributed by atoms with van der Waals surface area (Å²) in [6, 6.07) is 9.06. The van der Waals surface area contributed by atoms with Crippen LogP contribution in [0.4, 0.5) is 11.4 Å². The fraction of sp³-hybridized carbons (Fsp3) is 0.214. The van der Waals surface area contributed by atoms with E-state index in [-0.39, 0.29) is 17.2 Å². The van der Waals surface area contributed by atoms with Crippen LogP contribution in [0.15, 0.2) is 41.3 Å². The van der Waals surface area contributed by atoms with Gasteiger partial charge in [-0.05, 0) is 12.1 Å². The summed E-state index contributed by atoms with van der Waals surface area (Å²) in [6.07, 6.45) is 1.56. The highest BCUT2D eigenvalue weighted by Crippen LogP contribution is 2.19. The van der Waals surface area contributed by atoms with Gasteiger partial charge in [0.2, 0.25) is 5.91 Å². The average molecular weight is 272 g/mol. The molecule has 0 saturated heterocycles. The van der Waals surface area contributed by atoms with Crippen molar-refractivity contribution in [2.75, 3.05) is 24.3 Å². The molecule has 6 heteroatoms. The zero-order valence-corrected chi connectivity index (χ0v) is 11.6. The summed E-state index contributed by atoms with van der Waals surface area (Å²) in [7, 11) is 3.57. The van der Waals surface area contributed by atoms with Gasteiger partial charge in [0, 0.05) is 21.0 Å². The average Bonchev–Trinajstić information content (AvgIpc) is 2.41. The van der Waals surface area contributed by atoms with Gasteiger partial charge in [-0.3, -0.25) is 9.59 Å². The molecule has 0 bridgehead atoms. The first-order valence-electron chi connectivity index (χ1n) is 6.13. The molecule has 0 radical (unpaired) electrons. The smallest absolute Gasteiger partial charge is 0.297 e. The minimum atomic E-state index is -0.363. The van der Waals surface area contributed by atoms with E-state index < -0.39 is 0 Å². The molecule has 6 nitrogen and oxygen atoms in total. The molecule has 0 fully saturated rings. The Morgan fingerprint density at radius 3 is 2.45 bits per heavy atom. The number of hydrogen-bond donors (Lipinski definition) is 1. The van der Waals surface area contributed by atoms with Gasteiger partial charge in [0.1, 0.15) is 5.69 Å². The van der Waals surface area contributed by atoms with Gasteiger partial charge in [-0.2, -0.15) is 9.78 Å². The molecule has 0 aliphatic rings. The number of rotatable bonds is 3. The van der Waals surface area contributed by atoms with Crippen molar-refractivity contribution in [1.82, 2.24) is 9.78 Å². The van der Waals surface area contributed by atoms with Gasteiger partial charge in [0.05, 0.1) is 17.6 Å². The summed E-state index contributed by atoms with van der Waals surface area (Å²) in [4.78, 5) is 25.5. The van der Waals surface area contributed by atoms with Crippen LogP contribution in [-0.4, -0.2) is 29.8 Å². The van der Waals surface area contributed by atoms with Gasteiger partial charge in [-0.1, -0.05) is 18.2 Å². The van der Waals surface area contributed by atoms with Crippen molar-refractivity contribution in [2.24, 2.45) is 0 Å². The fourth-order valence-corrected chi connectivity index (χ4v) is 1.83. The minimum absolute atomic E-state index is 0.223. The topological polar surface area (TPSA) is 67.2 Å². The third-order valence-electron chi connectivity index (χ3n) is 2.74. The molecule has 2 rings (SSSR count). The molecular weight excluding hydrogens is 256 g/mol. The number of carbonyl (C=O) groups is 1. The second kappa shape index (κ2) is 5.56. The van der Waals surface area contributed by atoms with Gasteiger partial charge in [-0.15, -0.1) is 0 Å². The van der Waals surface area contributed by atoms with E-state index >= 15 is 0 Å². The normalized spacial score (nSPS) is 10.2. The quantitative estimate of drug-likeness (QED) is 0.913. The zero-order valence-electron chi connectivity index (χ0n) is 11.6. The van der Waals surface area contributed by atoms with E-state index in [1.165, 1.54) is 11.6 Å². The van der Waals surface area contributed by atoms with Crippen LogP contribution in [0.5, 0.6) is 0 Å². The first-order valence-corrected chi connectivity index (χ1v) is 6.13. The van der Waals surface area contributed by atoms with Gasteiger partial charge in [0.15, 0.2) is 0 Å². The van der Waals surface area contributed by atoms with Crippen LogP contribution in [0.2, 0.25) is 0 Å². The molecule has 1 heterocycles. The zero-order chi connectivity index (χ0) is 14.7. The molecule has 1 N–H and O–H groups in total. The number of amides is 1. The lowest BCUT2D eigenvalue weighted by atomic mass is 10.3. The van der Waals surface area contributed by atoms with E-state index in [1.54, 1.807) is 37.3 Å². The van der Waals surface area contributed by atoms with Crippen molar-refractivity contribution >= 4 is 17.3 Å². The van der Waals surface area contributed by atoms with Gasteiger partial charge < -0.3 is 10.2 Å². The molecule has 20 heavy (non-hydrogen) atoms. The van der Waals surface area contributed by atoms with E-state index in [9.17, 15) is 9.59 Å². The molecule has 0 aliphatic carbocycles. The summed E-state index contributed by atoms with van der Waals surface area (Å²) < 4.78 is 1.26. The van der Waals surface area contributed by atoms with Crippen molar-refractivity contribution < 1.29 is 4.79 Å². The van der Waals surface area contributed by atoms with Gasteiger partial charge in [0.25, 0.3) is 5.56 Å². The van der Waals surface area contributed by atoms with Crippen LogP contribution in [0.25, 0.3) is 5.69 Å². The minimum Gasteiger partial charge on any atom is -0.375 e. The molecule has 0 unspecified atom stereocenters. The molecule has 1 amide bonds. The summed E-state index contributed by atoms with van der Waals surface area (Å²) in [5.74, 6) is -0.295. The molecule has 0 atom stereocenters. The molecule has 0 saturated carbocycles. The highest BCUT2D eigenvalue weighted by atomic mass is 16.2. The second-order valence-electron chi connectivity index (χ2n) is 4.53. The number of nitrogens with zero attached hydrogens (tertiary/aromatic N) is 3. The summed E-state index contributed by atoms with van der Waals surface area (Å²) in [5, 5.41) is 6.73. The molecule has 104 valence electrons. The maximum Gasteiger partial charge on any atom is 0.297 e. The number of para-hydroxylation sites is 1. The van der Waals surface area contributed by atoms with Crippen LogP contribution < -0.4 is 15.8 Å². The van der Waals surface area contributed by atoms with Crippen molar-refractivity contribution in [3.63, 3.8) is 0 Å². The van der Waals surface area contributed by atoms with Crippen molar-refractivity contribution in [2.45, 2.75) is 6.92 Å². The Hall–Kier alpha value is -2.63. The highest BCUT2D eigenvalue weighted by molar-refractivity contribution is 5.92. The van der Waals surface area contributed by atoms with Crippen LogP contribution >= 0.6 is 0 Å². The summed E-state index contributed by atoms with van der Waals surface area (Å²) in [5.41, 5.74) is 1.07. The molecule has 2 aromatic rings. The van der Waals surface area contributed by atoms with E-state index in [2.05, 4.69) is 10.4 Å². The third-order valence-corrected chi connectivity index (χ3v) is 2.74. The molecule has 0 spiro atoms. The lowest BCUT2D eigenvalue weighted by Crippen LogP contribution is -2.28. The number of hydrogen-bond acceptors (Lipinski definition) is 4. The summed E-state index contributed by atoms with van der Waals surface area (Å²) >= 11 is 0. The van der Waals surface area contributed by atoms with Gasteiger partial charge in [-0.25, -0.2) is 0 Å². The van der Waals surface area contributed by atoms with Gasteiger partial charge >= 0.3 is 0 Å². The predicted molar refractivity (Wildman–Crippen MR) is 78.5 cm³/mol. The monoisotopic (exact) mass is 272 g/mol. The first kappa shape index (κ1) is 13.8. The van der Waals surface area contributed by atoms with Crippen LogP contribution in [0, 0.1) is 0 Å². The van der Waals surface area contributed by atoms with Crippen molar-refractivity contribution in [3.05, 3.63) is 46.9 Å².